The van der Waals surface area contributed by atoms with Crippen LogP contribution in [0.3, 0.4) is 0 Å². The van der Waals surface area contributed by atoms with E-state index < -0.39 is 0 Å². The van der Waals surface area contributed by atoms with E-state index in [0.717, 1.165) is 22.6 Å². The molecule has 0 bridgehead atoms. The Morgan fingerprint density at radius 2 is 2.05 bits per heavy atom. The van der Waals surface area contributed by atoms with Gasteiger partial charge < -0.3 is 15.2 Å². The van der Waals surface area contributed by atoms with Crippen molar-refractivity contribution in [1.29, 1.82) is 0 Å². The number of rotatable bonds is 5. The Morgan fingerprint density at radius 1 is 1.25 bits per heavy atom. The molecule has 0 aliphatic heterocycles. The number of phenolic OH excluding ortho intramolecular Hbond substituents is 1. The predicted molar refractivity (Wildman–Crippen MR) is 85.5 cm³/mol. The van der Waals surface area contributed by atoms with E-state index >= 15 is 0 Å². The molecule has 0 aromatic heterocycles. The minimum Gasteiger partial charge on any atom is -0.506 e. The third kappa shape index (κ3) is 3.45. The Hall–Kier alpha value is -1.68. The van der Waals surface area contributed by atoms with Crippen LogP contribution in [0.2, 0.25) is 0 Å². The molecule has 0 amide bonds. The average Bonchev–Trinajstić information content (AvgIpc) is 2.42. The number of phenols is 1. The first-order valence-corrected chi connectivity index (χ1v) is 7.34. The number of para-hydroxylation sites is 1. The molecular weight excluding hydrogens is 318 g/mol. The summed E-state index contributed by atoms with van der Waals surface area (Å²) in [5.41, 5.74) is 2.92. The van der Waals surface area contributed by atoms with Crippen LogP contribution in [-0.2, 0) is 6.54 Å². The highest BCUT2D eigenvalue weighted by Crippen LogP contribution is 2.30. The first-order valence-electron chi connectivity index (χ1n) is 6.55. The van der Waals surface area contributed by atoms with Crippen molar-refractivity contribution in [2.24, 2.45) is 0 Å². The van der Waals surface area contributed by atoms with Crippen molar-refractivity contribution in [1.82, 2.24) is 0 Å². The van der Waals surface area contributed by atoms with Gasteiger partial charge in [-0.1, -0.05) is 18.2 Å². The van der Waals surface area contributed by atoms with Gasteiger partial charge in [0.2, 0.25) is 0 Å². The van der Waals surface area contributed by atoms with Crippen molar-refractivity contribution in [2.75, 3.05) is 11.9 Å². The Bertz CT molecular complexity index is 599. The van der Waals surface area contributed by atoms with Crippen molar-refractivity contribution < 1.29 is 9.84 Å². The second kappa shape index (κ2) is 6.66. The molecule has 3 nitrogen and oxygen atoms in total. The maximum Gasteiger partial charge on any atom is 0.142 e. The first-order chi connectivity index (χ1) is 9.61. The number of hydrogen-bond acceptors (Lipinski definition) is 3. The molecule has 0 aliphatic rings. The quantitative estimate of drug-likeness (QED) is 0.846. The summed E-state index contributed by atoms with van der Waals surface area (Å²) in [4.78, 5) is 0. The van der Waals surface area contributed by atoms with Gasteiger partial charge in [-0.2, -0.15) is 0 Å². The van der Waals surface area contributed by atoms with E-state index in [0.29, 0.717) is 17.6 Å². The number of aromatic hydroxyl groups is 1. The van der Waals surface area contributed by atoms with Gasteiger partial charge in [-0.15, -0.1) is 0 Å². The lowest BCUT2D eigenvalue weighted by Crippen LogP contribution is -2.03. The van der Waals surface area contributed by atoms with Gasteiger partial charge in [0.15, 0.2) is 0 Å². The molecular formula is C16H18BrNO2. The molecule has 106 valence electrons. The molecule has 2 aromatic rings. The summed E-state index contributed by atoms with van der Waals surface area (Å²) in [5, 5.41) is 13.3. The fourth-order valence-corrected chi connectivity index (χ4v) is 2.35. The molecule has 0 atom stereocenters. The Kier molecular flexibility index (Phi) is 4.90. The SMILES string of the molecule is CCOc1cc(C)ccc1NCc1cccc(Br)c1O. The second-order valence-electron chi connectivity index (χ2n) is 4.53. The smallest absolute Gasteiger partial charge is 0.142 e. The van der Waals surface area contributed by atoms with E-state index in [4.69, 9.17) is 4.74 Å². The van der Waals surface area contributed by atoms with Gasteiger partial charge in [-0.05, 0) is 53.5 Å². The number of nitrogens with one attached hydrogen (secondary N) is 1. The van der Waals surface area contributed by atoms with Crippen LogP contribution in [0.4, 0.5) is 5.69 Å². The molecule has 0 fully saturated rings. The molecule has 2 N–H and O–H groups in total. The molecule has 4 heteroatoms. The zero-order valence-electron chi connectivity index (χ0n) is 11.6. The van der Waals surface area contributed by atoms with E-state index in [1.165, 1.54) is 0 Å². The van der Waals surface area contributed by atoms with Gasteiger partial charge in [-0.25, -0.2) is 0 Å². The highest BCUT2D eigenvalue weighted by Gasteiger charge is 2.07. The molecule has 0 spiro atoms. The van der Waals surface area contributed by atoms with E-state index in [-0.39, 0.29) is 5.75 Å². The highest BCUT2D eigenvalue weighted by molar-refractivity contribution is 9.10. The summed E-state index contributed by atoms with van der Waals surface area (Å²) in [6.07, 6.45) is 0. The van der Waals surface area contributed by atoms with E-state index in [2.05, 4.69) is 21.2 Å². The monoisotopic (exact) mass is 335 g/mol. The summed E-state index contributed by atoms with van der Waals surface area (Å²) in [6, 6.07) is 11.6. The maximum atomic E-state index is 9.97. The van der Waals surface area contributed by atoms with Crippen molar-refractivity contribution in [3.05, 3.63) is 52.0 Å². The second-order valence-corrected chi connectivity index (χ2v) is 5.39. The van der Waals surface area contributed by atoms with E-state index in [9.17, 15) is 5.11 Å². The lowest BCUT2D eigenvalue weighted by molar-refractivity contribution is 0.341. The lowest BCUT2D eigenvalue weighted by atomic mass is 10.1. The minimum atomic E-state index is 0.269. The maximum absolute atomic E-state index is 9.97. The number of anilines is 1. The summed E-state index contributed by atoms with van der Waals surface area (Å²) in [7, 11) is 0. The molecule has 2 aromatic carbocycles. The van der Waals surface area contributed by atoms with Crippen LogP contribution in [0.25, 0.3) is 0 Å². The van der Waals surface area contributed by atoms with Gasteiger partial charge >= 0.3 is 0 Å². The number of benzene rings is 2. The fraction of sp³-hybridized carbons (Fsp3) is 0.250. The van der Waals surface area contributed by atoms with Crippen molar-refractivity contribution in [3.8, 4) is 11.5 Å². The zero-order chi connectivity index (χ0) is 14.5. The van der Waals surface area contributed by atoms with Gasteiger partial charge in [-0.3, -0.25) is 0 Å². The summed E-state index contributed by atoms with van der Waals surface area (Å²) in [5.74, 6) is 1.10. The third-order valence-electron chi connectivity index (χ3n) is 2.98. The number of hydrogen-bond donors (Lipinski definition) is 2. The van der Waals surface area contributed by atoms with E-state index in [1.807, 2.05) is 50.2 Å². The Balaban J connectivity index is 2.16. The molecule has 20 heavy (non-hydrogen) atoms. The van der Waals surface area contributed by atoms with Gasteiger partial charge in [0.25, 0.3) is 0 Å². The summed E-state index contributed by atoms with van der Waals surface area (Å²) in [6.45, 7) is 5.16. The standard InChI is InChI=1S/C16H18BrNO2/c1-3-20-15-9-11(2)7-8-14(15)18-10-12-5-4-6-13(17)16(12)19/h4-9,18-19H,3,10H2,1-2H3. The molecule has 0 radical (unpaired) electrons. The largest absolute Gasteiger partial charge is 0.506 e. The molecule has 0 saturated heterocycles. The van der Waals surface area contributed by atoms with Crippen LogP contribution in [0.1, 0.15) is 18.1 Å². The predicted octanol–water partition coefficient (Wildman–Crippen LogP) is 4.47. The third-order valence-corrected chi connectivity index (χ3v) is 3.62. The number of ether oxygens (including phenoxy) is 1. The summed E-state index contributed by atoms with van der Waals surface area (Å²) < 4.78 is 6.33. The number of aryl methyl sites for hydroxylation is 1. The van der Waals surface area contributed by atoms with Crippen LogP contribution in [0.15, 0.2) is 40.9 Å². The molecule has 2 rings (SSSR count). The van der Waals surface area contributed by atoms with Crippen LogP contribution in [-0.4, -0.2) is 11.7 Å². The van der Waals surface area contributed by atoms with Crippen LogP contribution < -0.4 is 10.1 Å². The fourth-order valence-electron chi connectivity index (χ4n) is 1.94. The topological polar surface area (TPSA) is 41.5 Å². The van der Waals surface area contributed by atoms with Gasteiger partial charge in [0.1, 0.15) is 11.5 Å². The zero-order valence-corrected chi connectivity index (χ0v) is 13.2. The van der Waals surface area contributed by atoms with Crippen molar-refractivity contribution in [3.63, 3.8) is 0 Å². The van der Waals surface area contributed by atoms with Gasteiger partial charge in [0.05, 0.1) is 16.8 Å². The Morgan fingerprint density at radius 3 is 2.80 bits per heavy atom. The molecule has 0 saturated carbocycles. The van der Waals surface area contributed by atoms with Crippen LogP contribution >= 0.6 is 15.9 Å². The first kappa shape index (κ1) is 14.7. The van der Waals surface area contributed by atoms with Gasteiger partial charge in [0, 0.05) is 12.1 Å². The van der Waals surface area contributed by atoms with Crippen molar-refractivity contribution in [2.45, 2.75) is 20.4 Å². The lowest BCUT2D eigenvalue weighted by Gasteiger charge is -2.14. The number of halogens is 1. The normalized spacial score (nSPS) is 10.3. The van der Waals surface area contributed by atoms with E-state index in [1.54, 1.807) is 0 Å². The van der Waals surface area contributed by atoms with Crippen LogP contribution in [0.5, 0.6) is 11.5 Å². The molecule has 0 aliphatic carbocycles. The average molecular weight is 336 g/mol. The Labute approximate surface area is 127 Å². The molecule has 0 unspecified atom stereocenters. The minimum absolute atomic E-state index is 0.269. The van der Waals surface area contributed by atoms with Crippen LogP contribution in [0, 0.1) is 6.92 Å². The highest BCUT2D eigenvalue weighted by atomic mass is 79.9. The van der Waals surface area contributed by atoms with Crippen molar-refractivity contribution >= 4 is 21.6 Å². The molecule has 0 heterocycles. The summed E-state index contributed by atoms with van der Waals surface area (Å²) >= 11 is 3.32.